The normalized spacial score (nSPS) is 11.7. The van der Waals surface area contributed by atoms with E-state index in [1.54, 1.807) is 22.2 Å². The number of thiophene rings is 1. The van der Waals surface area contributed by atoms with Crippen molar-refractivity contribution in [2.24, 2.45) is 0 Å². The minimum Gasteiger partial charge on any atom is -0.358 e. The molecule has 0 atom stereocenters. The Bertz CT molecular complexity index is 1770. The number of hydrogen-bond donors (Lipinski definition) is 0. The average Bonchev–Trinajstić information content (AvgIpc) is 3.47. The van der Waals surface area contributed by atoms with Crippen molar-refractivity contribution in [3.05, 3.63) is 74.8 Å². The lowest BCUT2D eigenvalue weighted by molar-refractivity contribution is -0.389. The lowest BCUT2D eigenvalue weighted by atomic mass is 10.1. The maximum atomic E-state index is 11.0. The summed E-state index contributed by atoms with van der Waals surface area (Å²) >= 11 is 7.48. The Kier molecular flexibility index (Phi) is 4.57. The van der Waals surface area contributed by atoms with Crippen LogP contribution in [-0.2, 0) is 6.54 Å². The van der Waals surface area contributed by atoms with Gasteiger partial charge >= 0.3 is 5.82 Å². The number of nitrogens with zero attached hydrogens (tertiary/aromatic N) is 8. The minimum absolute atomic E-state index is 0.00273. The van der Waals surface area contributed by atoms with Crippen LogP contribution in [0.5, 0.6) is 0 Å². The first kappa shape index (κ1) is 20.6. The van der Waals surface area contributed by atoms with Gasteiger partial charge in [-0.3, -0.25) is 0 Å². The monoisotopic (exact) mass is 490 g/mol. The SMILES string of the molecule is Cc1cc(C)c2c(n1)sc1c2ncn2nc(-c3cccc(Cn4cc(Cl)c([N+](=O)[O-])n4)c3)nc12. The Hall–Kier alpha value is -3.96. The quantitative estimate of drug-likeness (QED) is 0.252. The molecular formula is C22H15ClN8O2S. The lowest BCUT2D eigenvalue weighted by Crippen LogP contribution is -2.01. The van der Waals surface area contributed by atoms with Gasteiger partial charge in [0.05, 0.1) is 23.4 Å². The number of rotatable bonds is 4. The fraction of sp³-hybridized carbons (Fsp3) is 0.136. The molecule has 0 aliphatic carbocycles. The number of hydrogen-bond acceptors (Lipinski definition) is 8. The van der Waals surface area contributed by atoms with Crippen LogP contribution in [0.15, 0.2) is 42.9 Å². The Labute approximate surface area is 200 Å². The molecule has 0 N–H and O–H groups in total. The number of nitro groups is 1. The van der Waals surface area contributed by atoms with Gasteiger partial charge in [-0.1, -0.05) is 29.8 Å². The van der Waals surface area contributed by atoms with Gasteiger partial charge in [0.25, 0.3) is 0 Å². The minimum atomic E-state index is -0.600. The molecule has 0 amide bonds. The summed E-state index contributed by atoms with van der Waals surface area (Å²) in [5, 5.41) is 20.6. The molecule has 6 rings (SSSR count). The molecule has 168 valence electrons. The largest absolute Gasteiger partial charge is 0.408 e. The maximum absolute atomic E-state index is 11.0. The number of fused-ring (bicyclic) bond motifs is 5. The van der Waals surface area contributed by atoms with Crippen LogP contribution in [0.1, 0.15) is 16.8 Å². The molecule has 34 heavy (non-hydrogen) atoms. The van der Waals surface area contributed by atoms with Crippen molar-refractivity contribution < 1.29 is 4.92 Å². The molecule has 10 nitrogen and oxygen atoms in total. The Morgan fingerprint density at radius 2 is 2.03 bits per heavy atom. The molecule has 6 aromatic rings. The third kappa shape index (κ3) is 3.28. The van der Waals surface area contributed by atoms with E-state index in [0.29, 0.717) is 12.4 Å². The first-order valence-corrected chi connectivity index (χ1v) is 11.5. The summed E-state index contributed by atoms with van der Waals surface area (Å²) in [7, 11) is 0. The summed E-state index contributed by atoms with van der Waals surface area (Å²) in [5.74, 6) is 0.193. The molecule has 12 heteroatoms. The maximum Gasteiger partial charge on any atom is 0.408 e. The van der Waals surface area contributed by atoms with Crippen LogP contribution in [0.2, 0.25) is 5.02 Å². The van der Waals surface area contributed by atoms with Crippen LogP contribution < -0.4 is 0 Å². The zero-order valence-corrected chi connectivity index (χ0v) is 19.5. The molecule has 5 aromatic heterocycles. The third-order valence-corrected chi connectivity index (χ3v) is 6.83. The fourth-order valence-electron chi connectivity index (χ4n) is 4.08. The average molecular weight is 491 g/mol. The van der Waals surface area contributed by atoms with Crippen LogP contribution in [0, 0.1) is 24.0 Å². The summed E-state index contributed by atoms with van der Waals surface area (Å²) in [6.07, 6.45) is 3.12. The van der Waals surface area contributed by atoms with E-state index in [1.807, 2.05) is 31.2 Å². The number of halogens is 1. The highest BCUT2D eigenvalue weighted by Gasteiger charge is 2.20. The van der Waals surface area contributed by atoms with E-state index < -0.39 is 4.92 Å². The highest BCUT2D eigenvalue weighted by Crippen LogP contribution is 2.36. The summed E-state index contributed by atoms with van der Waals surface area (Å²) in [6, 6.07) is 9.70. The second kappa shape index (κ2) is 7.54. The zero-order valence-electron chi connectivity index (χ0n) is 17.9. The summed E-state index contributed by atoms with van der Waals surface area (Å²) in [6.45, 7) is 4.37. The van der Waals surface area contributed by atoms with E-state index in [9.17, 15) is 10.1 Å². The van der Waals surface area contributed by atoms with E-state index >= 15 is 0 Å². The van der Waals surface area contributed by atoms with Crippen molar-refractivity contribution in [1.29, 1.82) is 0 Å². The second-order valence-electron chi connectivity index (χ2n) is 7.94. The van der Waals surface area contributed by atoms with Crippen molar-refractivity contribution in [2.45, 2.75) is 20.4 Å². The van der Waals surface area contributed by atoms with Crippen LogP contribution in [0.3, 0.4) is 0 Å². The van der Waals surface area contributed by atoms with E-state index in [2.05, 4.69) is 33.2 Å². The van der Waals surface area contributed by atoms with Crippen molar-refractivity contribution in [2.75, 3.05) is 0 Å². The predicted molar refractivity (Wildman–Crippen MR) is 129 cm³/mol. The second-order valence-corrected chi connectivity index (χ2v) is 9.35. The Balaban J connectivity index is 1.42. The van der Waals surface area contributed by atoms with Crippen LogP contribution in [0.4, 0.5) is 5.82 Å². The summed E-state index contributed by atoms with van der Waals surface area (Å²) in [5.41, 5.74) is 5.40. The van der Waals surface area contributed by atoms with Gasteiger partial charge in [-0.2, -0.15) is 4.68 Å². The van der Waals surface area contributed by atoms with Gasteiger partial charge in [0.1, 0.15) is 15.9 Å². The molecule has 0 radical (unpaired) electrons. The number of aryl methyl sites for hydroxylation is 2. The van der Waals surface area contributed by atoms with Gasteiger partial charge in [-0.15, -0.1) is 16.4 Å². The van der Waals surface area contributed by atoms with E-state index in [0.717, 1.165) is 48.5 Å². The van der Waals surface area contributed by atoms with Gasteiger partial charge in [-0.05, 0) is 42.0 Å². The van der Waals surface area contributed by atoms with Gasteiger partial charge in [-0.25, -0.2) is 19.5 Å². The molecule has 1 aromatic carbocycles. The zero-order chi connectivity index (χ0) is 23.6. The van der Waals surface area contributed by atoms with E-state index in [-0.39, 0.29) is 10.8 Å². The molecule has 0 fully saturated rings. The fourth-order valence-corrected chi connectivity index (χ4v) is 5.52. The summed E-state index contributed by atoms with van der Waals surface area (Å²) in [4.78, 5) is 25.5. The molecule has 0 aliphatic heterocycles. The van der Waals surface area contributed by atoms with Crippen molar-refractivity contribution in [3.63, 3.8) is 0 Å². The Morgan fingerprint density at radius 3 is 2.82 bits per heavy atom. The molecule has 5 heterocycles. The smallest absolute Gasteiger partial charge is 0.358 e. The van der Waals surface area contributed by atoms with Gasteiger partial charge in [0.15, 0.2) is 16.5 Å². The van der Waals surface area contributed by atoms with Crippen molar-refractivity contribution in [1.82, 2.24) is 34.3 Å². The summed E-state index contributed by atoms with van der Waals surface area (Å²) < 4.78 is 4.06. The number of pyridine rings is 1. The first-order chi connectivity index (χ1) is 16.4. The third-order valence-electron chi connectivity index (χ3n) is 5.49. The topological polar surface area (TPSA) is 117 Å². The highest BCUT2D eigenvalue weighted by atomic mass is 35.5. The number of benzene rings is 1. The van der Waals surface area contributed by atoms with Gasteiger partial charge in [0.2, 0.25) is 0 Å². The predicted octanol–water partition coefficient (Wildman–Crippen LogP) is 4.98. The van der Waals surface area contributed by atoms with Gasteiger partial charge < -0.3 is 10.1 Å². The molecular weight excluding hydrogens is 476 g/mol. The number of aromatic nitrogens is 7. The lowest BCUT2D eigenvalue weighted by Gasteiger charge is -2.01. The van der Waals surface area contributed by atoms with Crippen LogP contribution in [0.25, 0.3) is 37.5 Å². The van der Waals surface area contributed by atoms with Crippen LogP contribution in [-0.4, -0.2) is 39.3 Å². The molecule has 0 unspecified atom stereocenters. The Morgan fingerprint density at radius 1 is 1.18 bits per heavy atom. The van der Waals surface area contributed by atoms with Gasteiger partial charge in [0, 0.05) is 16.6 Å². The van der Waals surface area contributed by atoms with Crippen LogP contribution >= 0.6 is 22.9 Å². The van der Waals surface area contributed by atoms with Crippen molar-refractivity contribution >= 4 is 54.8 Å². The molecule has 0 saturated heterocycles. The van der Waals surface area contributed by atoms with E-state index in [4.69, 9.17) is 16.6 Å². The van der Waals surface area contributed by atoms with Crippen molar-refractivity contribution in [3.8, 4) is 11.4 Å². The van der Waals surface area contributed by atoms with E-state index in [1.165, 1.54) is 10.9 Å². The molecule has 0 aliphatic rings. The standard InChI is InChI=1S/C22H15ClN8O2S/c1-11-6-12(2)25-22-16(11)17-18(34-22)21-26-19(27-30(21)10-24-17)14-5-3-4-13(7-14)8-29-9-15(23)20(28-29)31(32)33/h3-7,9-10H,8H2,1-2H3. The highest BCUT2D eigenvalue weighted by molar-refractivity contribution is 7.26. The first-order valence-electron chi connectivity index (χ1n) is 10.3. The molecule has 0 bridgehead atoms. The molecule has 0 saturated carbocycles. The molecule has 0 spiro atoms.